The van der Waals surface area contributed by atoms with Crippen LogP contribution in [0.4, 0.5) is 0 Å². The Labute approximate surface area is 164 Å². The Kier molecular flexibility index (Phi) is 7.05. The van der Waals surface area contributed by atoms with Crippen LogP contribution in [0.15, 0.2) is 46.9 Å². The summed E-state index contributed by atoms with van der Waals surface area (Å²) in [6.45, 7) is 3.36. The smallest absolute Gasteiger partial charge is 0.308 e. The molecule has 1 aromatic heterocycles. The molecule has 3 N–H and O–H groups in total. The van der Waals surface area contributed by atoms with Crippen molar-refractivity contribution in [1.29, 1.82) is 0 Å². The molecule has 0 spiro atoms. The summed E-state index contributed by atoms with van der Waals surface area (Å²) < 4.78 is 10.5. The summed E-state index contributed by atoms with van der Waals surface area (Å²) in [6, 6.07) is 12.8. The maximum absolute atomic E-state index is 12.5. The molecule has 0 aliphatic carbocycles. The fourth-order valence-electron chi connectivity index (χ4n) is 2.76. The number of halogens is 1. The van der Waals surface area contributed by atoms with Crippen LogP contribution >= 0.6 is 0 Å². The van der Waals surface area contributed by atoms with E-state index in [1.807, 2.05) is 35.6 Å². The lowest BCUT2D eigenvalue weighted by atomic mass is 9.88. The molecule has 27 heavy (non-hydrogen) atoms. The summed E-state index contributed by atoms with van der Waals surface area (Å²) >= 11 is 0. The van der Waals surface area contributed by atoms with E-state index < -0.39 is 5.54 Å². The molecule has 0 unspecified atom stereocenters. The number of quaternary nitrogens is 1. The van der Waals surface area contributed by atoms with Gasteiger partial charge in [-0.05, 0) is 37.1 Å². The number of benzene rings is 1. The number of amides is 1. The number of hydrogen-bond acceptors (Lipinski definition) is 4. The van der Waals surface area contributed by atoms with Crippen LogP contribution in [0.25, 0.3) is 0 Å². The van der Waals surface area contributed by atoms with E-state index in [0.717, 1.165) is 5.56 Å². The lowest BCUT2D eigenvalue weighted by molar-refractivity contribution is -0.726. The van der Waals surface area contributed by atoms with Gasteiger partial charge in [0, 0.05) is 5.56 Å². The predicted molar refractivity (Wildman–Crippen MR) is 94.2 cm³/mol. The van der Waals surface area contributed by atoms with Crippen molar-refractivity contribution < 1.29 is 36.5 Å². The van der Waals surface area contributed by atoms with Gasteiger partial charge in [0.25, 0.3) is 5.91 Å². The van der Waals surface area contributed by atoms with Crippen LogP contribution in [0.1, 0.15) is 35.2 Å². The number of esters is 1. The fourth-order valence-corrected chi connectivity index (χ4v) is 2.76. The lowest BCUT2D eigenvalue weighted by Crippen LogP contribution is -3.05. The highest BCUT2D eigenvalue weighted by Crippen LogP contribution is 2.15. The molecule has 6 nitrogen and oxygen atoms in total. The molecule has 7 heteroatoms. The summed E-state index contributed by atoms with van der Waals surface area (Å²) in [4.78, 5) is 24.2. The van der Waals surface area contributed by atoms with Crippen LogP contribution in [0.2, 0.25) is 0 Å². The van der Waals surface area contributed by atoms with E-state index in [9.17, 15) is 9.59 Å². The number of nitrogens with two attached hydrogens (primary N) is 1. The Morgan fingerprint density at radius 1 is 1.19 bits per heavy atom. The summed E-state index contributed by atoms with van der Waals surface area (Å²) in [5.74, 6) is 5.81. The highest BCUT2D eigenvalue weighted by molar-refractivity contribution is 5.92. The van der Waals surface area contributed by atoms with Gasteiger partial charge in [-0.25, -0.2) is 0 Å². The molecule has 1 fully saturated rings. The van der Waals surface area contributed by atoms with Gasteiger partial charge in [0.15, 0.2) is 11.5 Å². The first-order valence-corrected chi connectivity index (χ1v) is 8.57. The Balaban J connectivity index is 0.00000261. The quantitative estimate of drug-likeness (QED) is 0.445. The van der Waals surface area contributed by atoms with Crippen LogP contribution < -0.4 is 23.0 Å². The summed E-state index contributed by atoms with van der Waals surface area (Å²) in [5, 5.41) is 4.94. The third kappa shape index (κ3) is 5.36. The molecule has 1 aliphatic rings. The van der Waals surface area contributed by atoms with Crippen molar-refractivity contribution >= 4 is 11.9 Å². The van der Waals surface area contributed by atoms with Crippen LogP contribution in [0.3, 0.4) is 0 Å². The maximum Gasteiger partial charge on any atom is 0.308 e. The standard InChI is InChI=1S/C20H20N2O4.ClH/c1-2-25-18(23)12-20(13-21-14-20)22-19(24)17-11-10-16(26-17)9-8-15-6-4-3-5-7-15;/h3-7,10-11,21H,2,12-14H2,1H3,(H,22,24);1H. The largest absolute Gasteiger partial charge is 1.00 e. The Morgan fingerprint density at radius 3 is 2.56 bits per heavy atom. The number of carbonyl (C=O) groups is 2. The minimum atomic E-state index is -0.577. The van der Waals surface area contributed by atoms with Gasteiger partial charge in [-0.2, -0.15) is 0 Å². The SMILES string of the molecule is CCOC(=O)CC1(NC(=O)c2ccc(C#Cc3ccccc3)o2)C[NH2+]C1.[Cl-]. The van der Waals surface area contributed by atoms with Crippen LogP contribution in [0, 0.1) is 11.8 Å². The number of ether oxygens (including phenoxy) is 1. The maximum atomic E-state index is 12.5. The first-order valence-electron chi connectivity index (χ1n) is 8.57. The van der Waals surface area contributed by atoms with E-state index in [2.05, 4.69) is 17.2 Å². The minimum absolute atomic E-state index is 0. The molecular formula is C20H21ClN2O4. The van der Waals surface area contributed by atoms with Gasteiger partial charge in [0.1, 0.15) is 18.6 Å². The number of hydrogen-bond donors (Lipinski definition) is 2. The minimum Gasteiger partial charge on any atom is -1.00 e. The topological polar surface area (TPSA) is 85.1 Å². The van der Waals surface area contributed by atoms with Gasteiger partial charge in [-0.1, -0.05) is 24.1 Å². The Hall–Kier alpha value is -2.75. The van der Waals surface area contributed by atoms with Crippen molar-refractivity contribution in [3.63, 3.8) is 0 Å². The van der Waals surface area contributed by atoms with Crippen LogP contribution in [-0.2, 0) is 9.53 Å². The second kappa shape index (κ2) is 9.26. The molecule has 1 saturated heterocycles. The number of furan rings is 1. The zero-order valence-corrected chi connectivity index (χ0v) is 15.7. The monoisotopic (exact) mass is 388 g/mol. The second-order valence-corrected chi connectivity index (χ2v) is 6.19. The number of carbonyl (C=O) groups excluding carboxylic acids is 2. The number of nitrogens with one attached hydrogen (secondary N) is 1. The van der Waals surface area contributed by atoms with E-state index >= 15 is 0 Å². The van der Waals surface area contributed by atoms with E-state index in [-0.39, 0.29) is 36.5 Å². The summed E-state index contributed by atoms with van der Waals surface area (Å²) in [6.07, 6.45) is 0.157. The van der Waals surface area contributed by atoms with E-state index in [1.165, 1.54) is 0 Å². The van der Waals surface area contributed by atoms with Crippen molar-refractivity contribution in [3.8, 4) is 11.8 Å². The molecule has 2 heterocycles. The summed E-state index contributed by atoms with van der Waals surface area (Å²) in [5.41, 5.74) is 0.291. The average Bonchev–Trinajstić information content (AvgIpc) is 3.08. The number of rotatable bonds is 5. The third-order valence-electron chi connectivity index (χ3n) is 4.17. The van der Waals surface area contributed by atoms with Crippen molar-refractivity contribution in [2.45, 2.75) is 18.9 Å². The fraction of sp³-hybridized carbons (Fsp3) is 0.300. The zero-order chi connectivity index (χ0) is 18.4. The Morgan fingerprint density at radius 2 is 1.93 bits per heavy atom. The van der Waals surface area contributed by atoms with Gasteiger partial charge in [-0.3, -0.25) is 9.59 Å². The third-order valence-corrected chi connectivity index (χ3v) is 4.17. The van der Waals surface area contributed by atoms with Crippen LogP contribution in [-0.4, -0.2) is 37.1 Å². The molecule has 2 aromatic rings. The highest BCUT2D eigenvalue weighted by Gasteiger charge is 2.46. The van der Waals surface area contributed by atoms with Crippen LogP contribution in [0.5, 0.6) is 0 Å². The van der Waals surface area contributed by atoms with Crippen molar-refractivity contribution in [2.75, 3.05) is 19.7 Å². The van der Waals surface area contributed by atoms with E-state index in [1.54, 1.807) is 19.1 Å². The molecular weight excluding hydrogens is 368 g/mol. The first kappa shape index (κ1) is 20.6. The van der Waals surface area contributed by atoms with Crippen molar-refractivity contribution in [1.82, 2.24) is 5.32 Å². The molecule has 1 amide bonds. The Bertz CT molecular complexity index is 848. The highest BCUT2D eigenvalue weighted by atomic mass is 35.5. The molecule has 0 saturated carbocycles. The van der Waals surface area contributed by atoms with Gasteiger partial charge in [0.2, 0.25) is 0 Å². The predicted octanol–water partition coefficient (Wildman–Crippen LogP) is -2.32. The van der Waals surface area contributed by atoms with Gasteiger partial charge < -0.3 is 32.2 Å². The summed E-state index contributed by atoms with van der Waals surface area (Å²) in [7, 11) is 0. The second-order valence-electron chi connectivity index (χ2n) is 6.19. The van der Waals surface area contributed by atoms with E-state index in [0.29, 0.717) is 25.5 Å². The average molecular weight is 389 g/mol. The zero-order valence-electron chi connectivity index (χ0n) is 15.0. The molecule has 1 aliphatic heterocycles. The van der Waals surface area contributed by atoms with E-state index in [4.69, 9.17) is 9.15 Å². The van der Waals surface area contributed by atoms with Crippen molar-refractivity contribution in [2.24, 2.45) is 0 Å². The van der Waals surface area contributed by atoms with Crippen molar-refractivity contribution in [3.05, 3.63) is 59.5 Å². The van der Waals surface area contributed by atoms with Gasteiger partial charge in [0.05, 0.1) is 13.0 Å². The van der Waals surface area contributed by atoms with Gasteiger partial charge >= 0.3 is 5.97 Å². The molecule has 0 bridgehead atoms. The molecule has 1 aromatic carbocycles. The lowest BCUT2D eigenvalue weighted by Gasteiger charge is -2.38. The van der Waals surface area contributed by atoms with Gasteiger partial charge in [-0.15, -0.1) is 0 Å². The molecule has 0 atom stereocenters. The molecule has 3 rings (SSSR count). The first-order chi connectivity index (χ1) is 12.6. The normalized spacial score (nSPS) is 14.0. The molecule has 142 valence electrons. The molecule has 0 radical (unpaired) electrons.